The second kappa shape index (κ2) is 6.10. The number of nitrogens with two attached hydrogens (primary N) is 1. The summed E-state index contributed by atoms with van der Waals surface area (Å²) in [6.07, 6.45) is 2.35. The average molecular weight is 258 g/mol. The first-order chi connectivity index (χ1) is 9.20. The topological polar surface area (TPSA) is 90.9 Å². The Hall–Kier alpha value is -2.22. The highest BCUT2D eigenvalue weighted by Crippen LogP contribution is 2.28. The number of hydrogen-bond donors (Lipinski definition) is 3. The molecular weight excluding hydrogens is 240 g/mol. The van der Waals surface area contributed by atoms with Crippen molar-refractivity contribution >= 4 is 17.3 Å². The third kappa shape index (κ3) is 3.88. The minimum absolute atomic E-state index is 0.157. The Kier molecular flexibility index (Phi) is 4.24. The number of nitrogens with zero attached hydrogens (tertiary/aromatic N) is 1. The number of nitriles is 1. The Morgan fingerprint density at radius 1 is 1.42 bits per heavy atom. The van der Waals surface area contributed by atoms with E-state index in [1.54, 1.807) is 6.07 Å². The monoisotopic (exact) mass is 258 g/mol. The molecule has 1 aromatic rings. The number of benzene rings is 1. The fourth-order valence-electron chi connectivity index (χ4n) is 1.84. The molecule has 0 atom stereocenters. The van der Waals surface area contributed by atoms with Crippen LogP contribution >= 0.6 is 0 Å². The maximum Gasteiger partial charge on any atom is 0.223 e. The molecule has 0 heterocycles. The number of nitrogens with one attached hydrogen (secondary N) is 2. The van der Waals surface area contributed by atoms with Crippen LogP contribution in [-0.2, 0) is 11.2 Å². The third-order valence-corrected chi connectivity index (χ3v) is 3.11. The summed E-state index contributed by atoms with van der Waals surface area (Å²) >= 11 is 0. The fraction of sp³-hybridized carbons (Fsp3) is 0.429. The summed E-state index contributed by atoms with van der Waals surface area (Å²) in [6, 6.07) is 7.63. The molecule has 1 saturated carbocycles. The van der Waals surface area contributed by atoms with Gasteiger partial charge in [0, 0.05) is 30.4 Å². The molecule has 19 heavy (non-hydrogen) atoms. The lowest BCUT2D eigenvalue weighted by atomic mass is 10.1. The van der Waals surface area contributed by atoms with Crippen molar-refractivity contribution in [2.24, 2.45) is 5.92 Å². The molecule has 5 nitrogen and oxygen atoms in total. The van der Waals surface area contributed by atoms with E-state index in [-0.39, 0.29) is 11.8 Å². The summed E-state index contributed by atoms with van der Waals surface area (Å²) < 4.78 is 0. The van der Waals surface area contributed by atoms with E-state index < -0.39 is 0 Å². The molecule has 0 aliphatic heterocycles. The van der Waals surface area contributed by atoms with E-state index in [2.05, 4.69) is 16.7 Å². The molecule has 1 fully saturated rings. The van der Waals surface area contributed by atoms with Crippen LogP contribution in [0.5, 0.6) is 0 Å². The van der Waals surface area contributed by atoms with E-state index in [0.29, 0.717) is 25.2 Å². The predicted octanol–water partition coefficient (Wildman–Crippen LogP) is 1.27. The molecular formula is C14H18N4O. The van der Waals surface area contributed by atoms with Crippen LogP contribution < -0.4 is 16.4 Å². The lowest BCUT2D eigenvalue weighted by Gasteiger charge is -2.10. The molecule has 2 rings (SSSR count). The van der Waals surface area contributed by atoms with Crippen molar-refractivity contribution in [3.8, 4) is 6.07 Å². The zero-order valence-electron chi connectivity index (χ0n) is 10.8. The van der Waals surface area contributed by atoms with Crippen LogP contribution in [0.4, 0.5) is 11.4 Å². The first-order valence-corrected chi connectivity index (χ1v) is 6.47. The van der Waals surface area contributed by atoms with E-state index in [0.717, 1.165) is 24.1 Å². The maximum atomic E-state index is 11.4. The Morgan fingerprint density at radius 2 is 2.21 bits per heavy atom. The van der Waals surface area contributed by atoms with Crippen molar-refractivity contribution in [3.05, 3.63) is 23.8 Å². The van der Waals surface area contributed by atoms with Gasteiger partial charge in [0.25, 0.3) is 0 Å². The molecule has 0 saturated heterocycles. The van der Waals surface area contributed by atoms with Crippen molar-refractivity contribution in [3.63, 3.8) is 0 Å². The standard InChI is InChI=1S/C14H18N4O/c15-6-5-11-9-12(3-4-13(11)16)17-7-8-18-14(19)10-1-2-10/h3-4,9-10,17H,1-2,5,7-8,16H2,(H,18,19). The lowest BCUT2D eigenvalue weighted by Crippen LogP contribution is -2.29. The largest absolute Gasteiger partial charge is 0.398 e. The molecule has 4 N–H and O–H groups in total. The zero-order valence-corrected chi connectivity index (χ0v) is 10.8. The molecule has 0 radical (unpaired) electrons. The normalized spacial score (nSPS) is 13.6. The summed E-state index contributed by atoms with van der Waals surface area (Å²) in [5.41, 5.74) is 8.15. The molecule has 0 aromatic heterocycles. The summed E-state index contributed by atoms with van der Waals surface area (Å²) in [5, 5.41) is 14.8. The second-order valence-electron chi connectivity index (χ2n) is 4.74. The molecule has 1 aromatic carbocycles. The highest BCUT2D eigenvalue weighted by atomic mass is 16.2. The van der Waals surface area contributed by atoms with Crippen LogP contribution in [0.3, 0.4) is 0 Å². The molecule has 0 unspecified atom stereocenters. The molecule has 0 bridgehead atoms. The Morgan fingerprint density at radius 3 is 2.89 bits per heavy atom. The van der Waals surface area contributed by atoms with Gasteiger partial charge in [-0.3, -0.25) is 4.79 Å². The number of nitrogen functional groups attached to an aromatic ring is 1. The quantitative estimate of drug-likeness (QED) is 0.529. The van der Waals surface area contributed by atoms with E-state index in [9.17, 15) is 4.79 Å². The molecule has 1 amide bonds. The lowest BCUT2D eigenvalue weighted by molar-refractivity contribution is -0.122. The highest BCUT2D eigenvalue weighted by molar-refractivity contribution is 5.80. The molecule has 5 heteroatoms. The van der Waals surface area contributed by atoms with E-state index in [1.807, 2.05) is 12.1 Å². The van der Waals surface area contributed by atoms with Crippen LogP contribution in [0.2, 0.25) is 0 Å². The smallest absolute Gasteiger partial charge is 0.223 e. The Labute approximate surface area is 112 Å². The summed E-state index contributed by atoms with van der Waals surface area (Å²) in [6.45, 7) is 1.27. The minimum Gasteiger partial charge on any atom is -0.398 e. The van der Waals surface area contributed by atoms with Crippen LogP contribution in [0, 0.1) is 17.2 Å². The number of amides is 1. The van der Waals surface area contributed by atoms with E-state index >= 15 is 0 Å². The molecule has 1 aliphatic carbocycles. The van der Waals surface area contributed by atoms with Crippen molar-refractivity contribution in [2.75, 3.05) is 24.1 Å². The summed E-state index contributed by atoms with van der Waals surface area (Å²) in [4.78, 5) is 11.4. The van der Waals surface area contributed by atoms with Crippen LogP contribution in [0.1, 0.15) is 18.4 Å². The van der Waals surface area contributed by atoms with Crippen LogP contribution in [0.15, 0.2) is 18.2 Å². The van der Waals surface area contributed by atoms with Gasteiger partial charge in [-0.15, -0.1) is 0 Å². The first kappa shape index (κ1) is 13.2. The maximum absolute atomic E-state index is 11.4. The Bertz CT molecular complexity index is 503. The SMILES string of the molecule is N#CCc1cc(NCCNC(=O)C2CC2)ccc1N. The van der Waals surface area contributed by atoms with Gasteiger partial charge in [0.2, 0.25) is 5.91 Å². The van der Waals surface area contributed by atoms with Crippen molar-refractivity contribution in [2.45, 2.75) is 19.3 Å². The van der Waals surface area contributed by atoms with Gasteiger partial charge in [-0.2, -0.15) is 5.26 Å². The summed E-state index contributed by atoms with van der Waals surface area (Å²) in [7, 11) is 0. The van der Waals surface area contributed by atoms with E-state index in [1.165, 1.54) is 0 Å². The van der Waals surface area contributed by atoms with Gasteiger partial charge in [-0.05, 0) is 36.6 Å². The minimum atomic E-state index is 0.157. The van der Waals surface area contributed by atoms with Crippen molar-refractivity contribution < 1.29 is 4.79 Å². The number of rotatable bonds is 6. The molecule has 1 aliphatic rings. The Balaban J connectivity index is 1.77. The number of carbonyl (C=O) groups excluding carboxylic acids is 1. The first-order valence-electron chi connectivity index (χ1n) is 6.47. The van der Waals surface area contributed by atoms with Gasteiger partial charge >= 0.3 is 0 Å². The van der Waals surface area contributed by atoms with Crippen LogP contribution in [0.25, 0.3) is 0 Å². The van der Waals surface area contributed by atoms with Gasteiger partial charge in [-0.25, -0.2) is 0 Å². The number of hydrogen-bond acceptors (Lipinski definition) is 4. The third-order valence-electron chi connectivity index (χ3n) is 3.11. The van der Waals surface area contributed by atoms with Gasteiger partial charge in [-0.1, -0.05) is 0 Å². The molecule has 100 valence electrons. The highest BCUT2D eigenvalue weighted by Gasteiger charge is 2.28. The predicted molar refractivity (Wildman–Crippen MR) is 74.4 cm³/mol. The van der Waals surface area contributed by atoms with Gasteiger partial charge in [0.1, 0.15) is 0 Å². The van der Waals surface area contributed by atoms with Gasteiger partial charge in [0.15, 0.2) is 0 Å². The van der Waals surface area contributed by atoms with Crippen LogP contribution in [-0.4, -0.2) is 19.0 Å². The average Bonchev–Trinajstić information content (AvgIpc) is 3.22. The van der Waals surface area contributed by atoms with Gasteiger partial charge < -0.3 is 16.4 Å². The number of anilines is 2. The fourth-order valence-corrected chi connectivity index (χ4v) is 1.84. The van der Waals surface area contributed by atoms with Crippen molar-refractivity contribution in [1.29, 1.82) is 5.26 Å². The number of carbonyl (C=O) groups is 1. The second-order valence-corrected chi connectivity index (χ2v) is 4.74. The van der Waals surface area contributed by atoms with Crippen molar-refractivity contribution in [1.82, 2.24) is 5.32 Å². The van der Waals surface area contributed by atoms with E-state index in [4.69, 9.17) is 11.0 Å². The zero-order chi connectivity index (χ0) is 13.7. The summed E-state index contributed by atoms with van der Waals surface area (Å²) in [5.74, 6) is 0.406. The van der Waals surface area contributed by atoms with Gasteiger partial charge in [0.05, 0.1) is 12.5 Å². The molecule has 0 spiro atoms.